The molecule has 0 saturated carbocycles. The number of dihydropyridines is 1. The van der Waals surface area contributed by atoms with Gasteiger partial charge in [0.05, 0.1) is 0 Å². The fourth-order valence-electron chi connectivity index (χ4n) is 5.83. The highest BCUT2D eigenvalue weighted by Crippen LogP contribution is 2.51. The van der Waals surface area contributed by atoms with Crippen molar-refractivity contribution in [3.05, 3.63) is 87.8 Å². The predicted molar refractivity (Wildman–Crippen MR) is 138 cm³/mol. The van der Waals surface area contributed by atoms with Crippen molar-refractivity contribution < 1.29 is 14.3 Å². The van der Waals surface area contributed by atoms with Crippen LogP contribution in [0, 0.1) is 17.8 Å². The molecule has 0 spiro atoms. The SMILES string of the molecule is Cc1ccc(COc2ccc(C3C4=C(CC(C)(C)CC4=O)NC4=C3C(=O)CC(C)(C)C4)cc2)cc1. The van der Waals surface area contributed by atoms with Gasteiger partial charge in [0, 0.05) is 41.3 Å². The van der Waals surface area contributed by atoms with Gasteiger partial charge in [0.15, 0.2) is 11.6 Å². The molecule has 2 aromatic carbocycles. The topological polar surface area (TPSA) is 55.4 Å². The third-order valence-electron chi connectivity index (χ3n) is 7.46. The second-order valence-electron chi connectivity index (χ2n) is 12.1. The fourth-order valence-corrected chi connectivity index (χ4v) is 5.83. The first-order chi connectivity index (χ1) is 16.5. The lowest BCUT2D eigenvalue weighted by atomic mass is 9.64. The second-order valence-corrected chi connectivity index (χ2v) is 12.1. The van der Waals surface area contributed by atoms with Crippen LogP contribution in [0.25, 0.3) is 0 Å². The minimum Gasteiger partial charge on any atom is -0.489 e. The van der Waals surface area contributed by atoms with Gasteiger partial charge < -0.3 is 10.1 Å². The van der Waals surface area contributed by atoms with Crippen LogP contribution in [-0.2, 0) is 16.2 Å². The molecular formula is C31H35NO3. The monoisotopic (exact) mass is 469 g/mol. The molecule has 0 bridgehead atoms. The van der Waals surface area contributed by atoms with Gasteiger partial charge in [-0.05, 0) is 53.9 Å². The van der Waals surface area contributed by atoms with E-state index in [1.165, 1.54) is 5.56 Å². The van der Waals surface area contributed by atoms with Gasteiger partial charge in [0.2, 0.25) is 0 Å². The number of hydrogen-bond acceptors (Lipinski definition) is 4. The number of benzene rings is 2. The molecule has 0 atom stereocenters. The molecule has 0 saturated heterocycles. The smallest absolute Gasteiger partial charge is 0.162 e. The Balaban J connectivity index is 1.48. The van der Waals surface area contributed by atoms with Crippen LogP contribution in [0.4, 0.5) is 0 Å². The van der Waals surface area contributed by atoms with Crippen molar-refractivity contribution in [3.63, 3.8) is 0 Å². The van der Waals surface area contributed by atoms with Crippen molar-refractivity contribution in [1.82, 2.24) is 5.32 Å². The molecule has 2 aliphatic carbocycles. The van der Waals surface area contributed by atoms with E-state index in [0.29, 0.717) is 19.4 Å². The fraction of sp³-hybridized carbons (Fsp3) is 0.419. The van der Waals surface area contributed by atoms with Crippen molar-refractivity contribution in [2.45, 2.75) is 72.8 Å². The molecule has 0 unspecified atom stereocenters. The zero-order valence-electron chi connectivity index (χ0n) is 21.5. The Bertz CT molecular complexity index is 1190. The van der Waals surface area contributed by atoms with E-state index in [2.05, 4.69) is 64.2 Å². The van der Waals surface area contributed by atoms with Crippen molar-refractivity contribution in [1.29, 1.82) is 0 Å². The molecule has 35 heavy (non-hydrogen) atoms. The summed E-state index contributed by atoms with van der Waals surface area (Å²) in [6.45, 7) is 11.1. The number of ether oxygens (including phenoxy) is 1. The van der Waals surface area contributed by atoms with E-state index < -0.39 is 0 Å². The van der Waals surface area contributed by atoms with Crippen LogP contribution < -0.4 is 10.1 Å². The lowest BCUT2D eigenvalue weighted by molar-refractivity contribution is -0.119. The Kier molecular flexibility index (Phi) is 5.74. The molecule has 1 heterocycles. The number of carbonyl (C=O) groups excluding carboxylic acids is 2. The van der Waals surface area contributed by atoms with Gasteiger partial charge in [-0.25, -0.2) is 0 Å². The molecule has 1 aliphatic heterocycles. The van der Waals surface area contributed by atoms with Gasteiger partial charge in [-0.1, -0.05) is 69.7 Å². The summed E-state index contributed by atoms with van der Waals surface area (Å²) in [6.07, 6.45) is 2.63. The maximum atomic E-state index is 13.4. The number of nitrogens with one attached hydrogen (secondary N) is 1. The summed E-state index contributed by atoms with van der Waals surface area (Å²) in [5.74, 6) is 0.772. The van der Waals surface area contributed by atoms with Crippen molar-refractivity contribution in [2.75, 3.05) is 0 Å². The number of Topliss-reactive ketones (excluding diaryl/α,β-unsaturated/α-hetero) is 2. The van der Waals surface area contributed by atoms with E-state index >= 15 is 0 Å². The Hall–Kier alpha value is -3.14. The Labute approximate surface area is 208 Å². The second kappa shape index (κ2) is 8.51. The number of allylic oxidation sites excluding steroid dienone is 4. The average Bonchev–Trinajstić information content (AvgIpc) is 2.76. The van der Waals surface area contributed by atoms with Crippen molar-refractivity contribution in [3.8, 4) is 5.75 Å². The highest BCUT2D eigenvalue weighted by atomic mass is 16.5. The van der Waals surface area contributed by atoms with Crippen LogP contribution in [0.15, 0.2) is 71.1 Å². The first-order valence-electron chi connectivity index (χ1n) is 12.6. The third kappa shape index (κ3) is 4.71. The molecule has 0 amide bonds. The molecular weight excluding hydrogens is 434 g/mol. The van der Waals surface area contributed by atoms with E-state index in [9.17, 15) is 9.59 Å². The van der Waals surface area contributed by atoms with Gasteiger partial charge >= 0.3 is 0 Å². The van der Waals surface area contributed by atoms with Crippen LogP contribution >= 0.6 is 0 Å². The summed E-state index contributed by atoms with van der Waals surface area (Å²) in [5, 5.41) is 3.58. The minimum absolute atomic E-state index is 0.0899. The summed E-state index contributed by atoms with van der Waals surface area (Å²) >= 11 is 0. The molecule has 0 fully saturated rings. The number of aryl methyl sites for hydroxylation is 1. The first-order valence-corrected chi connectivity index (χ1v) is 12.6. The third-order valence-corrected chi connectivity index (χ3v) is 7.46. The molecule has 4 nitrogen and oxygen atoms in total. The zero-order chi connectivity index (χ0) is 25.0. The standard InChI is InChI=1S/C31H35NO3/c1-19-6-8-20(9-7-19)18-35-22-12-10-21(11-13-22)27-28-23(14-30(2,3)16-25(28)33)32-24-15-31(4,5)17-26(34)29(24)27/h6-13,27,32H,14-18H2,1-5H3. The molecule has 0 aromatic heterocycles. The highest BCUT2D eigenvalue weighted by molar-refractivity contribution is 6.06. The largest absolute Gasteiger partial charge is 0.489 e. The zero-order valence-corrected chi connectivity index (χ0v) is 21.5. The summed E-state index contributed by atoms with van der Waals surface area (Å²) in [5.41, 5.74) is 6.71. The van der Waals surface area contributed by atoms with Gasteiger partial charge in [-0.3, -0.25) is 9.59 Å². The molecule has 3 aliphatic rings. The Morgan fingerprint density at radius 1 is 0.771 bits per heavy atom. The quantitative estimate of drug-likeness (QED) is 0.552. The lowest BCUT2D eigenvalue weighted by Crippen LogP contribution is -2.42. The van der Waals surface area contributed by atoms with Gasteiger partial charge in [-0.2, -0.15) is 0 Å². The van der Waals surface area contributed by atoms with Gasteiger partial charge in [-0.15, -0.1) is 0 Å². The first kappa shape index (κ1) is 23.6. The Morgan fingerprint density at radius 3 is 1.80 bits per heavy atom. The molecule has 5 rings (SSSR count). The van der Waals surface area contributed by atoms with Gasteiger partial charge in [0.25, 0.3) is 0 Å². The van der Waals surface area contributed by atoms with E-state index in [4.69, 9.17) is 4.74 Å². The summed E-state index contributed by atoms with van der Waals surface area (Å²) in [4.78, 5) is 26.9. The van der Waals surface area contributed by atoms with Crippen molar-refractivity contribution >= 4 is 11.6 Å². The maximum Gasteiger partial charge on any atom is 0.162 e. The molecule has 4 heteroatoms. The molecule has 182 valence electrons. The number of rotatable bonds is 4. The average molecular weight is 470 g/mol. The van der Waals surface area contributed by atoms with E-state index in [0.717, 1.165) is 52.3 Å². The van der Waals surface area contributed by atoms with Crippen LogP contribution in [0.5, 0.6) is 5.75 Å². The Morgan fingerprint density at radius 2 is 1.29 bits per heavy atom. The van der Waals surface area contributed by atoms with Gasteiger partial charge in [0.1, 0.15) is 12.4 Å². The normalized spacial score (nSPS) is 21.4. The van der Waals surface area contributed by atoms with Crippen LogP contribution in [0.1, 0.15) is 76.0 Å². The maximum absolute atomic E-state index is 13.4. The van der Waals surface area contributed by atoms with Crippen molar-refractivity contribution in [2.24, 2.45) is 10.8 Å². The number of hydrogen-bond donors (Lipinski definition) is 1. The van der Waals surface area contributed by atoms with Crippen LogP contribution in [0.2, 0.25) is 0 Å². The molecule has 0 radical (unpaired) electrons. The lowest BCUT2D eigenvalue weighted by Gasteiger charge is -2.44. The minimum atomic E-state index is -0.306. The number of carbonyl (C=O) groups is 2. The summed E-state index contributed by atoms with van der Waals surface area (Å²) < 4.78 is 6.01. The highest BCUT2D eigenvalue weighted by Gasteiger charge is 2.46. The van der Waals surface area contributed by atoms with Crippen LogP contribution in [0.3, 0.4) is 0 Å². The van der Waals surface area contributed by atoms with E-state index in [-0.39, 0.29) is 28.3 Å². The van der Waals surface area contributed by atoms with E-state index in [1.807, 2.05) is 24.3 Å². The van der Waals surface area contributed by atoms with Crippen LogP contribution in [-0.4, -0.2) is 11.6 Å². The molecule has 2 aromatic rings. The predicted octanol–water partition coefficient (Wildman–Crippen LogP) is 6.55. The summed E-state index contributed by atoms with van der Waals surface area (Å²) in [6, 6.07) is 16.3. The summed E-state index contributed by atoms with van der Waals surface area (Å²) in [7, 11) is 0. The number of ketones is 2. The molecule has 1 N–H and O–H groups in total. The van der Waals surface area contributed by atoms with E-state index in [1.54, 1.807) is 0 Å².